The van der Waals surface area contributed by atoms with Crippen LogP contribution < -0.4 is 10.3 Å². The molecule has 4 heterocycles. The number of fused-ring (bicyclic) bond motifs is 5. The highest BCUT2D eigenvalue weighted by atomic mass is 16.6. The third-order valence-corrected chi connectivity index (χ3v) is 6.70. The summed E-state index contributed by atoms with van der Waals surface area (Å²) in [5, 5.41) is 11.7. The van der Waals surface area contributed by atoms with Crippen LogP contribution in [0.25, 0.3) is 22.3 Å². The first-order valence-electron chi connectivity index (χ1n) is 11.7. The molecule has 0 amide bonds. The number of hydrogen-bond donors (Lipinski definition) is 1. The number of aromatic nitrogens is 2. The molecule has 1 N–H and O–H groups in total. The number of carbonyl (C=O) groups excluding carboxylic acids is 2. The molecule has 3 aromatic rings. The Morgan fingerprint density at radius 1 is 1.26 bits per heavy atom. The van der Waals surface area contributed by atoms with Gasteiger partial charge in [-0.2, -0.15) is 0 Å². The standard InChI is InChI=1S/C26H26N2O7/c1-4-20(24(30)33-6-3)35-21-9-7-8-18-15(21)10-14-12-28-19(22(14)27-18)11-17-16(23(28)29)13-34-25(31)26(17,32)5-2/h7-11,20,32H,4-6,12-13H2,1-3H3/t20?,26-/m0/s1. The Bertz CT molecular complexity index is 1430. The first kappa shape index (κ1) is 23.0. The van der Waals surface area contributed by atoms with E-state index in [9.17, 15) is 19.5 Å². The SMILES string of the molecule is CCOC(=O)C(CC)Oc1cccc2nc3c(cc12)Cn1c-3cc2c(c1=O)COC(=O)[C@]2(O)CC. The maximum absolute atomic E-state index is 13.3. The number of esters is 2. The van der Waals surface area contributed by atoms with E-state index < -0.39 is 23.6 Å². The first-order valence-corrected chi connectivity index (χ1v) is 11.7. The van der Waals surface area contributed by atoms with Crippen LogP contribution in [0.5, 0.6) is 5.75 Å². The quantitative estimate of drug-likeness (QED) is 0.421. The number of cyclic esters (lactones) is 1. The lowest BCUT2D eigenvalue weighted by Crippen LogP contribution is -2.44. The Kier molecular flexibility index (Phi) is 5.59. The van der Waals surface area contributed by atoms with Crippen molar-refractivity contribution in [1.29, 1.82) is 0 Å². The molecule has 9 heteroatoms. The van der Waals surface area contributed by atoms with Crippen molar-refractivity contribution in [2.45, 2.75) is 58.5 Å². The van der Waals surface area contributed by atoms with Crippen LogP contribution in [0.1, 0.15) is 50.3 Å². The maximum atomic E-state index is 13.3. The van der Waals surface area contributed by atoms with Gasteiger partial charge in [-0.3, -0.25) is 4.79 Å². The number of benzene rings is 1. The summed E-state index contributed by atoms with van der Waals surface area (Å²) in [6.07, 6.45) is -0.217. The molecule has 0 saturated heterocycles. The van der Waals surface area contributed by atoms with Crippen molar-refractivity contribution in [2.24, 2.45) is 0 Å². The van der Waals surface area contributed by atoms with Gasteiger partial charge in [0.2, 0.25) is 0 Å². The van der Waals surface area contributed by atoms with Crippen LogP contribution in [0.2, 0.25) is 0 Å². The summed E-state index contributed by atoms with van der Waals surface area (Å²) in [7, 11) is 0. The van der Waals surface area contributed by atoms with Gasteiger partial charge in [0.1, 0.15) is 12.4 Å². The van der Waals surface area contributed by atoms with E-state index in [4.69, 9.17) is 19.2 Å². The molecule has 2 atom stereocenters. The molecule has 2 aromatic heterocycles. The second kappa shape index (κ2) is 8.49. The van der Waals surface area contributed by atoms with E-state index in [1.807, 2.05) is 19.1 Å². The van der Waals surface area contributed by atoms with Crippen molar-refractivity contribution in [1.82, 2.24) is 9.55 Å². The van der Waals surface area contributed by atoms with E-state index >= 15 is 0 Å². The van der Waals surface area contributed by atoms with Crippen molar-refractivity contribution >= 4 is 22.8 Å². The van der Waals surface area contributed by atoms with Crippen LogP contribution in [0, 0.1) is 0 Å². The minimum Gasteiger partial charge on any atom is -0.478 e. The Morgan fingerprint density at radius 3 is 2.77 bits per heavy atom. The van der Waals surface area contributed by atoms with Crippen LogP contribution in [0.4, 0.5) is 0 Å². The molecular formula is C26H26N2O7. The second-order valence-corrected chi connectivity index (χ2v) is 8.69. The second-order valence-electron chi connectivity index (χ2n) is 8.69. The van der Waals surface area contributed by atoms with Gasteiger partial charge in [0.05, 0.1) is 35.6 Å². The van der Waals surface area contributed by atoms with Crippen LogP contribution in [0.15, 0.2) is 35.1 Å². The van der Waals surface area contributed by atoms with Gasteiger partial charge in [-0.15, -0.1) is 0 Å². The zero-order chi connectivity index (χ0) is 24.9. The molecule has 2 aliphatic heterocycles. The number of rotatable bonds is 6. The summed E-state index contributed by atoms with van der Waals surface area (Å²) >= 11 is 0. The molecule has 1 unspecified atom stereocenters. The van der Waals surface area contributed by atoms with Crippen molar-refractivity contribution in [3.05, 3.63) is 57.4 Å². The van der Waals surface area contributed by atoms with Gasteiger partial charge in [-0.05, 0) is 44.0 Å². The van der Waals surface area contributed by atoms with E-state index in [1.165, 1.54) is 0 Å². The molecule has 2 aliphatic rings. The van der Waals surface area contributed by atoms with Crippen LogP contribution in [-0.2, 0) is 37.8 Å². The molecule has 1 aromatic carbocycles. The van der Waals surface area contributed by atoms with Crippen molar-refractivity contribution in [3.63, 3.8) is 0 Å². The highest BCUT2D eigenvalue weighted by Crippen LogP contribution is 2.39. The van der Waals surface area contributed by atoms with Gasteiger partial charge >= 0.3 is 11.9 Å². The van der Waals surface area contributed by atoms with Gasteiger partial charge in [0.25, 0.3) is 5.56 Å². The zero-order valence-corrected chi connectivity index (χ0v) is 19.8. The normalized spacial score (nSPS) is 18.9. The molecular weight excluding hydrogens is 452 g/mol. The van der Waals surface area contributed by atoms with Gasteiger partial charge in [-0.25, -0.2) is 14.6 Å². The Morgan fingerprint density at radius 2 is 2.06 bits per heavy atom. The molecule has 0 spiro atoms. The van der Waals surface area contributed by atoms with E-state index in [0.29, 0.717) is 34.5 Å². The molecule has 0 bridgehead atoms. The number of ether oxygens (including phenoxy) is 3. The van der Waals surface area contributed by atoms with E-state index in [-0.39, 0.29) is 42.9 Å². The number of pyridine rings is 2. The lowest BCUT2D eigenvalue weighted by atomic mass is 9.86. The third-order valence-electron chi connectivity index (χ3n) is 6.70. The Hall–Kier alpha value is -3.72. The fraction of sp³-hybridized carbons (Fsp3) is 0.385. The molecule has 0 fully saturated rings. The summed E-state index contributed by atoms with van der Waals surface area (Å²) in [4.78, 5) is 42.7. The number of carbonyl (C=O) groups is 2. The van der Waals surface area contributed by atoms with E-state index in [1.54, 1.807) is 36.6 Å². The van der Waals surface area contributed by atoms with Crippen molar-refractivity contribution in [3.8, 4) is 17.1 Å². The maximum Gasteiger partial charge on any atom is 0.347 e. The first-order chi connectivity index (χ1) is 16.8. The molecule has 5 rings (SSSR count). The largest absolute Gasteiger partial charge is 0.478 e. The average Bonchev–Trinajstić information content (AvgIpc) is 3.22. The topological polar surface area (TPSA) is 117 Å². The number of hydrogen-bond acceptors (Lipinski definition) is 8. The molecule has 182 valence electrons. The highest BCUT2D eigenvalue weighted by Gasteiger charge is 2.45. The summed E-state index contributed by atoms with van der Waals surface area (Å²) in [5.74, 6) is -0.680. The van der Waals surface area contributed by atoms with Crippen LogP contribution in [0.3, 0.4) is 0 Å². The zero-order valence-electron chi connectivity index (χ0n) is 19.8. The Labute approximate surface area is 201 Å². The molecule has 0 aliphatic carbocycles. The highest BCUT2D eigenvalue weighted by molar-refractivity contribution is 5.90. The third kappa shape index (κ3) is 3.49. The summed E-state index contributed by atoms with van der Waals surface area (Å²) in [6, 6.07) is 8.97. The van der Waals surface area contributed by atoms with Crippen molar-refractivity contribution in [2.75, 3.05) is 6.61 Å². The summed E-state index contributed by atoms with van der Waals surface area (Å²) in [5.41, 5.74) is 0.933. The monoisotopic (exact) mass is 478 g/mol. The van der Waals surface area contributed by atoms with Crippen LogP contribution in [-0.4, -0.2) is 39.3 Å². The molecule has 9 nitrogen and oxygen atoms in total. The summed E-state index contributed by atoms with van der Waals surface area (Å²) < 4.78 is 17.8. The fourth-order valence-corrected chi connectivity index (χ4v) is 4.76. The van der Waals surface area contributed by atoms with Crippen molar-refractivity contribution < 1.29 is 28.9 Å². The van der Waals surface area contributed by atoms with Crippen LogP contribution >= 0.6 is 0 Å². The predicted octanol–water partition coefficient (Wildman–Crippen LogP) is 2.80. The minimum atomic E-state index is -1.87. The van der Waals surface area contributed by atoms with Gasteiger partial charge < -0.3 is 23.9 Å². The van der Waals surface area contributed by atoms with E-state index in [0.717, 1.165) is 5.56 Å². The average molecular weight is 479 g/mol. The lowest BCUT2D eigenvalue weighted by molar-refractivity contribution is -0.172. The number of nitrogens with zero attached hydrogens (tertiary/aromatic N) is 2. The summed E-state index contributed by atoms with van der Waals surface area (Å²) in [6.45, 7) is 5.63. The molecule has 35 heavy (non-hydrogen) atoms. The predicted molar refractivity (Wildman–Crippen MR) is 126 cm³/mol. The minimum absolute atomic E-state index is 0.0828. The van der Waals surface area contributed by atoms with Gasteiger partial charge in [-0.1, -0.05) is 19.9 Å². The number of aliphatic hydroxyl groups is 1. The van der Waals surface area contributed by atoms with Gasteiger partial charge in [0, 0.05) is 16.5 Å². The molecule has 0 saturated carbocycles. The fourth-order valence-electron chi connectivity index (χ4n) is 4.76. The molecule has 0 radical (unpaired) electrons. The van der Waals surface area contributed by atoms with E-state index in [2.05, 4.69) is 0 Å². The lowest BCUT2D eigenvalue weighted by Gasteiger charge is -2.31. The van der Waals surface area contributed by atoms with Gasteiger partial charge in [0.15, 0.2) is 11.7 Å². The Balaban J connectivity index is 1.62. The smallest absolute Gasteiger partial charge is 0.347 e.